The van der Waals surface area contributed by atoms with Gasteiger partial charge in [-0.15, -0.1) is 11.3 Å². The molecule has 0 unspecified atom stereocenters. The van der Waals surface area contributed by atoms with Gasteiger partial charge in [0.15, 0.2) is 5.82 Å². The van der Waals surface area contributed by atoms with Gasteiger partial charge in [0.05, 0.1) is 15.4 Å². The van der Waals surface area contributed by atoms with E-state index in [0.717, 1.165) is 21.2 Å². The number of amidine groups is 1. The number of hydrogen-bond acceptors (Lipinski definition) is 7. The fourth-order valence-corrected chi connectivity index (χ4v) is 4.03. The quantitative estimate of drug-likeness (QED) is 0.298. The summed E-state index contributed by atoms with van der Waals surface area (Å²) in [4.78, 5) is 13.5. The summed E-state index contributed by atoms with van der Waals surface area (Å²) in [7, 11) is 3.43. The molecule has 2 N–H and O–H groups in total. The van der Waals surface area contributed by atoms with E-state index >= 15 is 0 Å². The highest BCUT2D eigenvalue weighted by Gasteiger charge is 2.19. The van der Waals surface area contributed by atoms with E-state index in [9.17, 15) is 0 Å². The molecule has 8 nitrogen and oxygen atoms in total. The third kappa shape index (κ3) is 4.93. The first-order chi connectivity index (χ1) is 16.0. The minimum atomic E-state index is 0.353. The number of rotatable bonds is 8. The molecule has 2 aromatic heterocycles. The van der Waals surface area contributed by atoms with Crippen LogP contribution in [0.3, 0.4) is 0 Å². The van der Waals surface area contributed by atoms with Crippen LogP contribution in [0.2, 0.25) is 0 Å². The van der Waals surface area contributed by atoms with Crippen molar-refractivity contribution in [1.82, 2.24) is 14.8 Å². The molecule has 0 saturated heterocycles. The molecule has 2 heterocycles. The van der Waals surface area contributed by atoms with Crippen molar-refractivity contribution in [1.29, 1.82) is 0 Å². The predicted molar refractivity (Wildman–Crippen MR) is 132 cm³/mol. The highest BCUT2D eigenvalue weighted by atomic mass is 32.1. The van der Waals surface area contributed by atoms with Crippen molar-refractivity contribution in [2.24, 2.45) is 22.8 Å². The average Bonchev–Trinajstić information content (AvgIpc) is 3.40. The Hall–Kier alpha value is -3.98. The van der Waals surface area contributed by atoms with E-state index in [1.54, 1.807) is 30.1 Å². The van der Waals surface area contributed by atoms with E-state index < -0.39 is 0 Å². The SMILES string of the molecule is C=Nc1c(C(N)=NC)c(-c2ccc(Oc3cccc(OCc4cnc(C)s4)c3)cc2)nn1C. The summed E-state index contributed by atoms with van der Waals surface area (Å²) in [5.74, 6) is 3.02. The molecule has 0 aliphatic heterocycles. The lowest BCUT2D eigenvalue weighted by molar-refractivity contribution is 0.308. The van der Waals surface area contributed by atoms with E-state index in [1.807, 2.05) is 61.7 Å². The fraction of sp³-hybridized carbons (Fsp3) is 0.167. The first kappa shape index (κ1) is 22.2. The number of benzene rings is 2. The van der Waals surface area contributed by atoms with Gasteiger partial charge in [0.25, 0.3) is 0 Å². The topological polar surface area (TPSA) is 99.9 Å². The Morgan fingerprint density at radius 2 is 1.91 bits per heavy atom. The van der Waals surface area contributed by atoms with Crippen molar-refractivity contribution in [2.75, 3.05) is 7.05 Å². The molecule has 0 atom stereocenters. The summed E-state index contributed by atoms with van der Waals surface area (Å²) in [5, 5.41) is 5.58. The standard InChI is InChI=1S/C24H24N6O2S/c1-15-28-13-20(33-15)14-31-18-6-5-7-19(12-18)32-17-10-8-16(9-11-17)22-21(23(25)26-2)24(27-3)30(4)29-22/h5-13H,3,14H2,1-2,4H3,(H2,25,26). The van der Waals surface area contributed by atoms with E-state index in [2.05, 4.69) is 26.8 Å². The summed E-state index contributed by atoms with van der Waals surface area (Å²) in [5.41, 5.74) is 8.31. The average molecular weight is 461 g/mol. The van der Waals surface area contributed by atoms with Crippen LogP contribution in [-0.2, 0) is 13.7 Å². The minimum Gasteiger partial charge on any atom is -0.488 e. The second-order valence-electron chi connectivity index (χ2n) is 7.17. The Bertz CT molecular complexity index is 1310. The zero-order valence-electron chi connectivity index (χ0n) is 18.6. The molecular weight excluding hydrogens is 436 g/mol. The number of aryl methyl sites for hydroxylation is 2. The summed E-state index contributed by atoms with van der Waals surface area (Å²) < 4.78 is 13.5. The fourth-order valence-electron chi connectivity index (χ4n) is 3.32. The molecule has 0 amide bonds. The molecule has 0 radical (unpaired) electrons. The molecule has 0 spiro atoms. The van der Waals surface area contributed by atoms with Gasteiger partial charge in [-0.05, 0) is 50.0 Å². The highest BCUT2D eigenvalue weighted by Crippen LogP contribution is 2.32. The number of thiazole rings is 1. The van der Waals surface area contributed by atoms with Crippen LogP contribution >= 0.6 is 11.3 Å². The third-order valence-corrected chi connectivity index (χ3v) is 5.77. The zero-order chi connectivity index (χ0) is 23.4. The Balaban J connectivity index is 1.50. The highest BCUT2D eigenvalue weighted by molar-refractivity contribution is 7.11. The summed E-state index contributed by atoms with van der Waals surface area (Å²) in [6.07, 6.45) is 1.84. The van der Waals surface area contributed by atoms with Gasteiger partial charge in [-0.2, -0.15) is 5.10 Å². The van der Waals surface area contributed by atoms with Crippen LogP contribution in [0.15, 0.2) is 64.7 Å². The molecule has 0 fully saturated rings. The number of hydrogen-bond donors (Lipinski definition) is 1. The smallest absolute Gasteiger partial charge is 0.161 e. The number of ether oxygens (including phenoxy) is 2. The van der Waals surface area contributed by atoms with E-state index in [1.165, 1.54) is 0 Å². The van der Waals surface area contributed by atoms with Gasteiger partial charge in [0, 0.05) is 31.9 Å². The van der Waals surface area contributed by atoms with E-state index in [0.29, 0.717) is 41.0 Å². The number of nitrogens with two attached hydrogens (primary N) is 1. The van der Waals surface area contributed by atoms with Crippen molar-refractivity contribution >= 4 is 29.7 Å². The maximum Gasteiger partial charge on any atom is 0.161 e. The number of aliphatic imine (C=N–C) groups is 2. The molecule has 0 aliphatic rings. The van der Waals surface area contributed by atoms with Crippen LogP contribution < -0.4 is 15.2 Å². The summed E-state index contributed by atoms with van der Waals surface area (Å²) in [6.45, 7) is 6.07. The second kappa shape index (κ2) is 9.66. The van der Waals surface area contributed by atoms with Crippen LogP contribution in [0.4, 0.5) is 5.82 Å². The van der Waals surface area contributed by atoms with Gasteiger partial charge < -0.3 is 15.2 Å². The molecule has 33 heavy (non-hydrogen) atoms. The molecule has 168 valence electrons. The van der Waals surface area contributed by atoms with Gasteiger partial charge in [0.2, 0.25) is 0 Å². The Morgan fingerprint density at radius 3 is 2.58 bits per heavy atom. The van der Waals surface area contributed by atoms with Gasteiger partial charge in [-0.25, -0.2) is 14.7 Å². The first-order valence-corrected chi connectivity index (χ1v) is 11.0. The van der Waals surface area contributed by atoms with Crippen LogP contribution in [0.5, 0.6) is 17.2 Å². The van der Waals surface area contributed by atoms with Crippen molar-refractivity contribution in [3.63, 3.8) is 0 Å². The van der Waals surface area contributed by atoms with Crippen LogP contribution in [0.1, 0.15) is 15.4 Å². The number of aromatic nitrogens is 3. The van der Waals surface area contributed by atoms with Gasteiger partial charge in [0.1, 0.15) is 35.4 Å². The van der Waals surface area contributed by atoms with Crippen LogP contribution in [0.25, 0.3) is 11.3 Å². The van der Waals surface area contributed by atoms with Crippen LogP contribution in [-0.4, -0.2) is 34.4 Å². The normalized spacial score (nSPS) is 11.4. The van der Waals surface area contributed by atoms with E-state index in [-0.39, 0.29) is 0 Å². The Kier molecular flexibility index (Phi) is 6.50. The second-order valence-corrected chi connectivity index (χ2v) is 8.49. The lowest BCUT2D eigenvalue weighted by Crippen LogP contribution is -2.13. The van der Waals surface area contributed by atoms with Gasteiger partial charge in [-0.3, -0.25) is 4.99 Å². The summed E-state index contributed by atoms with van der Waals surface area (Å²) in [6, 6.07) is 15.1. The molecule has 4 rings (SSSR count). The monoisotopic (exact) mass is 460 g/mol. The van der Waals surface area contributed by atoms with Gasteiger partial charge >= 0.3 is 0 Å². The first-order valence-electron chi connectivity index (χ1n) is 10.2. The molecule has 0 bridgehead atoms. The van der Waals surface area contributed by atoms with Gasteiger partial charge in [-0.1, -0.05) is 6.07 Å². The molecule has 0 saturated carbocycles. The minimum absolute atomic E-state index is 0.353. The van der Waals surface area contributed by atoms with Crippen molar-refractivity contribution < 1.29 is 9.47 Å². The third-order valence-electron chi connectivity index (χ3n) is 4.88. The maximum atomic E-state index is 6.10. The predicted octanol–water partition coefficient (Wildman–Crippen LogP) is 4.89. The molecular formula is C24H24N6O2S. The molecule has 9 heteroatoms. The number of nitrogens with zero attached hydrogens (tertiary/aromatic N) is 5. The van der Waals surface area contributed by atoms with E-state index in [4.69, 9.17) is 15.2 Å². The molecule has 2 aromatic carbocycles. The van der Waals surface area contributed by atoms with Crippen molar-refractivity contribution in [2.45, 2.75) is 13.5 Å². The van der Waals surface area contributed by atoms with Crippen molar-refractivity contribution in [3.8, 4) is 28.5 Å². The molecule has 0 aliphatic carbocycles. The Morgan fingerprint density at radius 1 is 1.15 bits per heavy atom. The Labute approximate surface area is 196 Å². The van der Waals surface area contributed by atoms with Crippen molar-refractivity contribution in [3.05, 3.63) is 70.2 Å². The maximum absolute atomic E-state index is 6.10. The lowest BCUT2D eigenvalue weighted by Gasteiger charge is -2.09. The summed E-state index contributed by atoms with van der Waals surface area (Å²) >= 11 is 1.62. The molecule has 4 aromatic rings. The van der Waals surface area contributed by atoms with Crippen LogP contribution in [0, 0.1) is 6.92 Å². The zero-order valence-corrected chi connectivity index (χ0v) is 19.5. The lowest BCUT2D eigenvalue weighted by atomic mass is 10.1. The largest absolute Gasteiger partial charge is 0.488 e.